The molecule has 66 heavy (non-hydrogen) atoms. The van der Waals surface area contributed by atoms with Crippen molar-refractivity contribution >= 4 is 35.3 Å². The molecular formula is C60H63IrN3OSi-2. The second kappa shape index (κ2) is 20.1. The average Bonchev–Trinajstić information content (AvgIpc) is 3.87. The average molecular weight is 1060 g/mol. The van der Waals surface area contributed by atoms with Crippen molar-refractivity contribution in [2.45, 2.75) is 100 Å². The first-order valence-corrected chi connectivity index (χ1v) is 26.8. The quantitative estimate of drug-likeness (QED) is 0.101. The zero-order valence-corrected chi connectivity index (χ0v) is 44.1. The standard InChI is InChI=1S/C42H39N2O.C18H24NSi.Ir/c1-25(2)33-22-32(30-13-9-8-10-14-30)23-34(26(3)4)41(33)44-38-16-12-11-15-37(38)43-42(44)36-24-45-39-18-17-31(21-35(36)39)40-28(6)19-27(5)20-29(40)7;1-14(2)11-16-12-17(15-9-7-6-8-10-15)19-13-18(16)20(3,4)5;/h8-23,25-26H,1-7H3;6-9,12-14H,11H2,1-5H3;/q2*-1;. The molecule has 0 aliphatic heterocycles. The van der Waals surface area contributed by atoms with Crippen LogP contribution < -0.4 is 5.19 Å². The van der Waals surface area contributed by atoms with Gasteiger partial charge in [-0.15, -0.1) is 35.9 Å². The van der Waals surface area contributed by atoms with E-state index in [-0.39, 0.29) is 20.1 Å². The first-order valence-electron chi connectivity index (χ1n) is 23.3. The zero-order valence-electron chi connectivity index (χ0n) is 40.7. The maximum absolute atomic E-state index is 6.11. The topological polar surface area (TPSA) is 43.9 Å². The minimum absolute atomic E-state index is 0. The normalized spacial score (nSPS) is 11.7. The summed E-state index contributed by atoms with van der Waals surface area (Å²) >= 11 is 0. The van der Waals surface area contributed by atoms with Crippen LogP contribution >= 0.6 is 0 Å². The van der Waals surface area contributed by atoms with Crippen LogP contribution in [-0.2, 0) is 26.5 Å². The Morgan fingerprint density at radius 2 is 1.33 bits per heavy atom. The summed E-state index contributed by atoms with van der Waals surface area (Å²) in [5.41, 5.74) is 19.8. The van der Waals surface area contributed by atoms with Gasteiger partial charge in [0.1, 0.15) is 0 Å². The van der Waals surface area contributed by atoms with E-state index in [0.29, 0.717) is 17.8 Å². The number of rotatable bonds is 10. The van der Waals surface area contributed by atoms with E-state index in [9.17, 15) is 0 Å². The molecule has 3 aromatic heterocycles. The van der Waals surface area contributed by atoms with Crippen molar-refractivity contribution in [1.82, 2.24) is 14.5 Å². The molecule has 6 heteroatoms. The van der Waals surface area contributed by atoms with Crippen LogP contribution in [0, 0.1) is 39.0 Å². The van der Waals surface area contributed by atoms with Crippen molar-refractivity contribution in [1.29, 1.82) is 0 Å². The number of aryl methyl sites for hydroxylation is 3. The Kier molecular flexibility index (Phi) is 14.7. The van der Waals surface area contributed by atoms with E-state index in [1.807, 2.05) is 18.2 Å². The summed E-state index contributed by atoms with van der Waals surface area (Å²) in [6, 6.07) is 48.5. The first kappa shape index (κ1) is 48.3. The fourth-order valence-electron chi connectivity index (χ4n) is 9.45. The van der Waals surface area contributed by atoms with Crippen LogP contribution in [0.25, 0.3) is 72.6 Å². The number of pyridine rings is 1. The zero-order chi connectivity index (χ0) is 46.2. The molecule has 0 aliphatic rings. The van der Waals surface area contributed by atoms with E-state index in [0.717, 1.165) is 51.1 Å². The molecule has 0 atom stereocenters. The maximum Gasteiger partial charge on any atom is 0.0798 e. The molecule has 0 unspecified atom stereocenters. The summed E-state index contributed by atoms with van der Waals surface area (Å²) in [4.78, 5) is 9.97. The summed E-state index contributed by atoms with van der Waals surface area (Å²) in [6.07, 6.45) is 6.53. The molecular weight excluding hydrogens is 999 g/mol. The number of hydrogen-bond donors (Lipinski definition) is 0. The van der Waals surface area contributed by atoms with Gasteiger partial charge in [0.2, 0.25) is 0 Å². The maximum atomic E-state index is 6.11. The molecule has 3 heterocycles. The number of imidazole rings is 1. The molecule has 4 nitrogen and oxygen atoms in total. The fourth-order valence-corrected chi connectivity index (χ4v) is 11.0. The molecule has 9 rings (SSSR count). The molecule has 0 saturated carbocycles. The van der Waals surface area contributed by atoms with Crippen LogP contribution in [0.1, 0.15) is 86.8 Å². The van der Waals surface area contributed by atoms with Crippen LogP contribution in [0.15, 0.2) is 138 Å². The van der Waals surface area contributed by atoms with Crippen molar-refractivity contribution in [2.24, 2.45) is 5.92 Å². The van der Waals surface area contributed by atoms with E-state index in [1.165, 1.54) is 66.5 Å². The number of fused-ring (bicyclic) bond motifs is 2. The largest absolute Gasteiger partial charge is 0.557 e. The number of aromatic nitrogens is 3. The number of hydrogen-bond acceptors (Lipinski definition) is 3. The Morgan fingerprint density at radius 1 is 0.682 bits per heavy atom. The van der Waals surface area contributed by atoms with Crippen LogP contribution in [-0.4, -0.2) is 22.6 Å². The van der Waals surface area contributed by atoms with Crippen molar-refractivity contribution in [3.05, 3.63) is 179 Å². The predicted octanol–water partition coefficient (Wildman–Crippen LogP) is 16.0. The van der Waals surface area contributed by atoms with Gasteiger partial charge in [0.25, 0.3) is 0 Å². The number of benzene rings is 6. The Labute approximate surface area is 407 Å². The van der Waals surface area contributed by atoms with Gasteiger partial charge >= 0.3 is 0 Å². The molecule has 1 radical (unpaired) electrons. The van der Waals surface area contributed by atoms with Gasteiger partial charge in [0.15, 0.2) is 0 Å². The van der Waals surface area contributed by atoms with Crippen molar-refractivity contribution in [3.63, 3.8) is 0 Å². The van der Waals surface area contributed by atoms with Gasteiger partial charge in [0, 0.05) is 43.8 Å². The Morgan fingerprint density at radius 3 is 1.95 bits per heavy atom. The van der Waals surface area contributed by atoms with Gasteiger partial charge in [0.05, 0.1) is 24.9 Å². The first-order chi connectivity index (χ1) is 31.1. The molecule has 6 aromatic carbocycles. The summed E-state index contributed by atoms with van der Waals surface area (Å²) in [7, 11) is -1.34. The predicted molar refractivity (Wildman–Crippen MR) is 278 cm³/mol. The van der Waals surface area contributed by atoms with Crippen LogP contribution in [0.5, 0.6) is 0 Å². The molecule has 0 N–H and O–H groups in total. The number of furan rings is 1. The molecule has 0 aliphatic carbocycles. The fraction of sp³-hybridized carbons (Fsp3) is 0.267. The van der Waals surface area contributed by atoms with Crippen LogP contribution in [0.3, 0.4) is 0 Å². The molecule has 0 bridgehead atoms. The van der Waals surface area contributed by atoms with Crippen molar-refractivity contribution in [3.8, 4) is 50.6 Å². The Balaban J connectivity index is 0.000000260. The van der Waals surface area contributed by atoms with Gasteiger partial charge in [-0.05, 0) is 125 Å². The van der Waals surface area contributed by atoms with E-state index in [1.54, 1.807) is 0 Å². The molecule has 0 fully saturated rings. The molecule has 9 aromatic rings. The van der Waals surface area contributed by atoms with Gasteiger partial charge in [-0.2, -0.15) is 0 Å². The number of nitrogens with zero attached hydrogens (tertiary/aromatic N) is 3. The van der Waals surface area contributed by atoms with Crippen LogP contribution in [0.4, 0.5) is 0 Å². The monoisotopic (exact) mass is 1060 g/mol. The molecule has 0 amide bonds. The smallest absolute Gasteiger partial charge is 0.0798 e. The summed E-state index contributed by atoms with van der Waals surface area (Å²) in [5, 5.41) is 2.51. The van der Waals surface area contributed by atoms with Crippen molar-refractivity contribution in [2.75, 3.05) is 0 Å². The van der Waals surface area contributed by atoms with Gasteiger partial charge in [-0.25, -0.2) is 0 Å². The minimum atomic E-state index is -1.34. The van der Waals surface area contributed by atoms with Crippen molar-refractivity contribution < 1.29 is 24.5 Å². The van der Waals surface area contributed by atoms with E-state index in [2.05, 4.69) is 219 Å². The van der Waals surface area contributed by atoms with E-state index < -0.39 is 8.07 Å². The Bertz CT molecular complexity index is 3060. The molecule has 0 spiro atoms. The number of para-hydroxylation sites is 2. The summed E-state index contributed by atoms with van der Waals surface area (Å²) in [6.45, 7) is 27.4. The minimum Gasteiger partial charge on any atom is -0.557 e. The van der Waals surface area contributed by atoms with Gasteiger partial charge < -0.3 is 14.0 Å². The SMILES string of the molecule is CC(C)Cc1cc(-c2[c-]cccc2)ncc1[Si](C)(C)C.Cc1cc(C)c(-c2ccc3o[c-]c(-c4nc5ccccc5n4-c4c(C(C)C)cc(-c5ccccc5)cc4C(C)C)c3c2)c(C)c1.[Ir]. The van der Waals surface area contributed by atoms with Crippen LogP contribution in [0.2, 0.25) is 19.6 Å². The molecule has 0 saturated heterocycles. The third-order valence-electron chi connectivity index (χ3n) is 12.4. The second-order valence-corrected chi connectivity index (χ2v) is 24.9. The summed E-state index contributed by atoms with van der Waals surface area (Å²) < 4.78 is 8.48. The van der Waals surface area contributed by atoms with Gasteiger partial charge in [-0.3, -0.25) is 4.98 Å². The third-order valence-corrected chi connectivity index (χ3v) is 14.5. The third kappa shape index (κ3) is 10.0. The molecule has 339 valence electrons. The van der Waals surface area contributed by atoms with E-state index in [4.69, 9.17) is 9.40 Å². The summed E-state index contributed by atoms with van der Waals surface area (Å²) in [5.74, 6) is 2.10. The Hall–Kier alpha value is -5.65. The van der Waals surface area contributed by atoms with E-state index >= 15 is 0 Å². The second-order valence-electron chi connectivity index (χ2n) is 19.9. The van der Waals surface area contributed by atoms with Gasteiger partial charge in [-0.1, -0.05) is 162 Å².